The number of halogens is 1. The summed E-state index contributed by atoms with van der Waals surface area (Å²) in [6.45, 7) is 4.97. The molecule has 0 aromatic heterocycles. The van der Waals surface area contributed by atoms with Crippen LogP contribution >= 0.6 is 0 Å². The molecule has 0 saturated carbocycles. The van der Waals surface area contributed by atoms with Gasteiger partial charge in [0, 0.05) is 0 Å². The van der Waals surface area contributed by atoms with E-state index in [4.69, 9.17) is 4.74 Å². The molecule has 0 fully saturated rings. The molecule has 3 nitrogen and oxygen atoms in total. The lowest BCUT2D eigenvalue weighted by molar-refractivity contribution is -0.161. The first-order valence-electron chi connectivity index (χ1n) is 6.17. The molecule has 0 radical (unpaired) electrons. The van der Waals surface area contributed by atoms with E-state index in [1.54, 1.807) is 51.1 Å². The number of ether oxygens (including phenoxy) is 1. The average Bonchev–Trinajstić information content (AvgIpc) is 2.38. The molecule has 0 bridgehead atoms. The lowest BCUT2D eigenvalue weighted by Gasteiger charge is -2.26. The van der Waals surface area contributed by atoms with Crippen LogP contribution in [0.2, 0.25) is 0 Å². The second-order valence-electron chi connectivity index (χ2n) is 4.52. The Hall–Kier alpha value is -1.68. The number of carbonyl (C=O) groups excluding carboxylic acids is 1. The van der Waals surface area contributed by atoms with Gasteiger partial charge in [-0.15, -0.1) is 0 Å². The highest BCUT2D eigenvalue weighted by Crippen LogP contribution is 2.33. The minimum Gasteiger partial charge on any atom is -0.463 e. The Morgan fingerprint density at radius 2 is 2.00 bits per heavy atom. The first-order valence-corrected chi connectivity index (χ1v) is 6.17. The second kappa shape index (κ2) is 6.48. The first-order chi connectivity index (χ1) is 8.91. The normalized spacial score (nSPS) is 15.2. The van der Waals surface area contributed by atoms with Crippen molar-refractivity contribution in [2.75, 3.05) is 6.61 Å². The summed E-state index contributed by atoms with van der Waals surface area (Å²) in [5.41, 5.74) is -1.66. The molecule has 4 heteroatoms. The fraction of sp³-hybridized carbons (Fsp3) is 0.400. The van der Waals surface area contributed by atoms with Gasteiger partial charge in [0.1, 0.15) is 6.10 Å². The van der Waals surface area contributed by atoms with Crippen molar-refractivity contribution < 1.29 is 19.0 Å². The topological polar surface area (TPSA) is 46.5 Å². The van der Waals surface area contributed by atoms with Crippen molar-refractivity contribution in [2.45, 2.75) is 32.5 Å². The van der Waals surface area contributed by atoms with E-state index in [2.05, 4.69) is 0 Å². The van der Waals surface area contributed by atoms with E-state index in [-0.39, 0.29) is 6.61 Å². The van der Waals surface area contributed by atoms with E-state index < -0.39 is 17.7 Å². The average molecular weight is 266 g/mol. The molecule has 1 aromatic rings. The summed E-state index contributed by atoms with van der Waals surface area (Å²) in [6.07, 6.45) is -0.495. The summed E-state index contributed by atoms with van der Waals surface area (Å²) in [5, 5.41) is 10.2. The summed E-state index contributed by atoms with van der Waals surface area (Å²) in [4.78, 5) is 11.8. The molecule has 1 N–H and O–H groups in total. The molecule has 0 aliphatic rings. The zero-order valence-electron chi connectivity index (χ0n) is 11.4. The molecule has 1 rings (SSSR count). The van der Waals surface area contributed by atoms with Crippen LogP contribution in [0.4, 0.5) is 4.39 Å². The zero-order chi connectivity index (χ0) is 14.5. The van der Waals surface area contributed by atoms with Crippen LogP contribution in [0, 0.1) is 0 Å². The smallest absolute Gasteiger partial charge is 0.351 e. The molecule has 0 spiro atoms. The van der Waals surface area contributed by atoms with Gasteiger partial charge >= 0.3 is 5.97 Å². The lowest BCUT2D eigenvalue weighted by Crippen LogP contribution is -2.40. The maximum absolute atomic E-state index is 14.9. The summed E-state index contributed by atoms with van der Waals surface area (Å²) in [6, 6.07) is 8.23. The van der Waals surface area contributed by atoms with Crippen molar-refractivity contribution in [2.24, 2.45) is 0 Å². The van der Waals surface area contributed by atoms with Crippen molar-refractivity contribution in [3.05, 3.63) is 47.5 Å². The van der Waals surface area contributed by atoms with Crippen LogP contribution in [0.3, 0.4) is 0 Å². The third-order valence-electron chi connectivity index (χ3n) is 2.60. The van der Waals surface area contributed by atoms with Crippen LogP contribution in [-0.2, 0) is 9.53 Å². The second-order valence-corrected chi connectivity index (χ2v) is 4.52. The van der Waals surface area contributed by atoms with Crippen LogP contribution < -0.4 is 0 Å². The molecule has 2 atom stereocenters. The van der Waals surface area contributed by atoms with Crippen LogP contribution in [-0.4, -0.2) is 23.4 Å². The Kier molecular flexibility index (Phi) is 5.24. The highest BCUT2D eigenvalue weighted by atomic mass is 19.1. The molecular formula is C15H19FO3. The molecule has 104 valence electrons. The molecule has 1 aromatic carbocycles. The molecular weight excluding hydrogens is 247 g/mol. The number of benzene rings is 1. The number of alkyl halides is 1. The fourth-order valence-corrected chi connectivity index (χ4v) is 1.79. The van der Waals surface area contributed by atoms with E-state index in [9.17, 15) is 14.3 Å². The summed E-state index contributed by atoms with van der Waals surface area (Å²) in [5.74, 6) is -1.08. The van der Waals surface area contributed by atoms with Crippen LogP contribution in [0.1, 0.15) is 32.4 Å². The van der Waals surface area contributed by atoms with Crippen molar-refractivity contribution in [1.29, 1.82) is 0 Å². The Morgan fingerprint density at radius 1 is 1.42 bits per heavy atom. The number of rotatable bonds is 5. The number of aliphatic hydroxyl groups is 1. The van der Waals surface area contributed by atoms with Gasteiger partial charge in [-0.25, -0.2) is 9.18 Å². The third kappa shape index (κ3) is 3.64. The Labute approximate surface area is 112 Å². The molecule has 0 saturated heterocycles. The van der Waals surface area contributed by atoms with E-state index in [1.807, 2.05) is 0 Å². The largest absolute Gasteiger partial charge is 0.463 e. The number of hydrogen-bond acceptors (Lipinski definition) is 3. The molecule has 0 unspecified atom stereocenters. The molecule has 0 aliphatic carbocycles. The van der Waals surface area contributed by atoms with E-state index in [0.717, 1.165) is 6.08 Å². The van der Waals surface area contributed by atoms with Crippen LogP contribution in [0.25, 0.3) is 0 Å². The fourth-order valence-electron chi connectivity index (χ4n) is 1.79. The van der Waals surface area contributed by atoms with Gasteiger partial charge in [0.05, 0.1) is 6.61 Å². The summed E-state index contributed by atoms with van der Waals surface area (Å²) in [7, 11) is 0. The summed E-state index contributed by atoms with van der Waals surface area (Å²) >= 11 is 0. The van der Waals surface area contributed by atoms with Gasteiger partial charge in [0.25, 0.3) is 5.67 Å². The van der Waals surface area contributed by atoms with Gasteiger partial charge in [-0.3, -0.25) is 0 Å². The van der Waals surface area contributed by atoms with Gasteiger partial charge in [0.2, 0.25) is 0 Å². The van der Waals surface area contributed by atoms with Gasteiger partial charge < -0.3 is 9.84 Å². The standard InChI is InChI=1S/C15H19FO3/c1-4-19-14(18)15(16,10-11(2)3)13(17)12-8-6-5-7-9-12/h5-10,13,17H,4H2,1-3H3/t13-,15+/m1/s1. The Morgan fingerprint density at radius 3 is 2.47 bits per heavy atom. The number of allylic oxidation sites excluding steroid dienone is 1. The predicted molar refractivity (Wildman–Crippen MR) is 71.3 cm³/mol. The van der Waals surface area contributed by atoms with Crippen molar-refractivity contribution in [3.63, 3.8) is 0 Å². The number of aliphatic hydroxyl groups excluding tert-OH is 1. The monoisotopic (exact) mass is 266 g/mol. The van der Waals surface area contributed by atoms with Gasteiger partial charge in [-0.05, 0) is 32.4 Å². The highest BCUT2D eigenvalue weighted by molar-refractivity contribution is 5.83. The van der Waals surface area contributed by atoms with Crippen LogP contribution in [0.15, 0.2) is 42.0 Å². The minimum atomic E-state index is -2.57. The maximum atomic E-state index is 14.9. The minimum absolute atomic E-state index is 0.0581. The van der Waals surface area contributed by atoms with Crippen LogP contribution in [0.5, 0.6) is 0 Å². The molecule has 0 amide bonds. The van der Waals surface area contributed by atoms with Gasteiger partial charge in [-0.1, -0.05) is 35.9 Å². The van der Waals surface area contributed by atoms with Crippen molar-refractivity contribution >= 4 is 5.97 Å². The number of esters is 1. The zero-order valence-corrected chi connectivity index (χ0v) is 11.4. The van der Waals surface area contributed by atoms with Gasteiger partial charge in [-0.2, -0.15) is 0 Å². The van der Waals surface area contributed by atoms with Crippen molar-refractivity contribution in [1.82, 2.24) is 0 Å². The Bertz CT molecular complexity index is 452. The molecule has 19 heavy (non-hydrogen) atoms. The van der Waals surface area contributed by atoms with E-state index >= 15 is 0 Å². The highest BCUT2D eigenvalue weighted by Gasteiger charge is 2.46. The quantitative estimate of drug-likeness (QED) is 0.658. The number of hydrogen-bond donors (Lipinski definition) is 1. The maximum Gasteiger partial charge on any atom is 0.351 e. The van der Waals surface area contributed by atoms with Crippen molar-refractivity contribution in [3.8, 4) is 0 Å². The Balaban J connectivity index is 3.17. The van der Waals surface area contributed by atoms with E-state index in [1.165, 1.54) is 0 Å². The SMILES string of the molecule is CCOC(=O)[C@](F)(C=C(C)C)[C@H](O)c1ccccc1. The third-order valence-corrected chi connectivity index (χ3v) is 2.60. The molecule has 0 aliphatic heterocycles. The first kappa shape index (κ1) is 15.4. The number of carbonyl (C=O) groups is 1. The van der Waals surface area contributed by atoms with E-state index in [0.29, 0.717) is 11.1 Å². The predicted octanol–water partition coefficient (Wildman–Crippen LogP) is 2.96. The molecule has 0 heterocycles. The lowest BCUT2D eigenvalue weighted by atomic mass is 9.91. The summed E-state index contributed by atoms with van der Waals surface area (Å²) < 4.78 is 19.6. The van der Waals surface area contributed by atoms with Gasteiger partial charge in [0.15, 0.2) is 0 Å².